The van der Waals surface area contributed by atoms with Crippen molar-refractivity contribution in [1.82, 2.24) is 15.5 Å². The van der Waals surface area contributed by atoms with Gasteiger partial charge in [-0.1, -0.05) is 13.8 Å². The van der Waals surface area contributed by atoms with Crippen molar-refractivity contribution in [3.8, 4) is 0 Å². The molecule has 2 amide bonds. The van der Waals surface area contributed by atoms with Crippen LogP contribution in [0.25, 0.3) is 0 Å². The van der Waals surface area contributed by atoms with E-state index < -0.39 is 17.7 Å². The highest BCUT2D eigenvalue weighted by Crippen LogP contribution is 2.11. The van der Waals surface area contributed by atoms with E-state index in [1.54, 1.807) is 20.8 Å². The monoisotopic (exact) mass is 327 g/mol. The molecule has 2 atom stereocenters. The fourth-order valence-corrected chi connectivity index (χ4v) is 2.64. The summed E-state index contributed by atoms with van der Waals surface area (Å²) in [5.41, 5.74) is -0.577. The van der Waals surface area contributed by atoms with Gasteiger partial charge in [0.05, 0.1) is 0 Å². The Kier molecular flexibility index (Phi) is 7.32. The average Bonchev–Trinajstić information content (AvgIpc) is 2.93. The maximum atomic E-state index is 12.4. The lowest BCUT2D eigenvalue weighted by Gasteiger charge is -2.27. The normalized spacial score (nSPS) is 18.6. The van der Waals surface area contributed by atoms with Gasteiger partial charge in [-0.05, 0) is 59.5 Å². The van der Waals surface area contributed by atoms with E-state index in [9.17, 15) is 9.59 Å². The summed E-state index contributed by atoms with van der Waals surface area (Å²) in [4.78, 5) is 26.7. The number of carbonyl (C=O) groups excluding carboxylic acids is 2. The largest absolute Gasteiger partial charge is 0.444 e. The number of alkyl carbamates (subject to hydrolysis) is 1. The Morgan fingerprint density at radius 1 is 1.13 bits per heavy atom. The van der Waals surface area contributed by atoms with Gasteiger partial charge in [-0.15, -0.1) is 0 Å². The molecule has 1 aliphatic heterocycles. The molecule has 0 aromatic carbocycles. The van der Waals surface area contributed by atoms with Crippen LogP contribution in [0.3, 0.4) is 0 Å². The Bertz CT molecular complexity index is 398. The van der Waals surface area contributed by atoms with E-state index in [2.05, 4.69) is 22.5 Å². The van der Waals surface area contributed by atoms with Gasteiger partial charge >= 0.3 is 6.09 Å². The standard InChI is InChI=1S/C17H33N3O3/c1-12(2)14(19-16(22)23-17(4,5)6)15(21)18-11-13(3)20-9-7-8-10-20/h12-14H,7-11H2,1-6H3,(H,18,21)(H,19,22). The van der Waals surface area contributed by atoms with Gasteiger partial charge in [-0.3, -0.25) is 9.69 Å². The predicted molar refractivity (Wildman–Crippen MR) is 91.3 cm³/mol. The van der Waals surface area contributed by atoms with Crippen molar-refractivity contribution in [3.05, 3.63) is 0 Å². The first kappa shape index (κ1) is 19.7. The van der Waals surface area contributed by atoms with E-state index >= 15 is 0 Å². The summed E-state index contributed by atoms with van der Waals surface area (Å²) in [5.74, 6) is -0.165. The van der Waals surface area contributed by atoms with Crippen molar-refractivity contribution in [1.29, 1.82) is 0 Å². The molecule has 1 heterocycles. The molecular formula is C17H33N3O3. The van der Waals surface area contributed by atoms with E-state index in [-0.39, 0.29) is 11.8 Å². The number of ether oxygens (including phenoxy) is 1. The highest BCUT2D eigenvalue weighted by atomic mass is 16.6. The minimum absolute atomic E-state index is 0.00962. The van der Waals surface area contributed by atoms with Crippen LogP contribution in [-0.4, -0.2) is 54.2 Å². The van der Waals surface area contributed by atoms with Crippen molar-refractivity contribution < 1.29 is 14.3 Å². The van der Waals surface area contributed by atoms with E-state index in [0.29, 0.717) is 12.6 Å². The van der Waals surface area contributed by atoms with Crippen LogP contribution < -0.4 is 10.6 Å². The van der Waals surface area contributed by atoms with Crippen LogP contribution in [-0.2, 0) is 9.53 Å². The molecule has 23 heavy (non-hydrogen) atoms. The van der Waals surface area contributed by atoms with E-state index in [1.165, 1.54) is 12.8 Å². The second-order valence-corrected chi connectivity index (χ2v) is 7.71. The molecule has 1 aliphatic rings. The minimum Gasteiger partial charge on any atom is -0.444 e. The Labute approximate surface area is 140 Å². The molecule has 0 radical (unpaired) electrons. The highest BCUT2D eigenvalue weighted by molar-refractivity contribution is 5.85. The summed E-state index contributed by atoms with van der Waals surface area (Å²) < 4.78 is 5.24. The van der Waals surface area contributed by atoms with Gasteiger partial charge in [-0.2, -0.15) is 0 Å². The average molecular weight is 327 g/mol. The molecule has 2 N–H and O–H groups in total. The zero-order valence-electron chi connectivity index (χ0n) is 15.4. The summed E-state index contributed by atoms with van der Waals surface area (Å²) in [6.45, 7) is 14.1. The van der Waals surface area contributed by atoms with E-state index in [4.69, 9.17) is 4.74 Å². The molecule has 0 aliphatic carbocycles. The van der Waals surface area contributed by atoms with Crippen molar-refractivity contribution in [3.63, 3.8) is 0 Å². The lowest BCUT2D eigenvalue weighted by molar-refractivity contribution is -0.124. The molecule has 1 saturated heterocycles. The van der Waals surface area contributed by atoms with Crippen molar-refractivity contribution in [2.75, 3.05) is 19.6 Å². The number of amides is 2. The summed E-state index contributed by atoms with van der Waals surface area (Å²) >= 11 is 0. The second-order valence-electron chi connectivity index (χ2n) is 7.71. The number of nitrogens with one attached hydrogen (secondary N) is 2. The molecule has 1 fully saturated rings. The molecule has 2 unspecified atom stereocenters. The van der Waals surface area contributed by atoms with Crippen molar-refractivity contribution in [2.24, 2.45) is 5.92 Å². The van der Waals surface area contributed by atoms with Crippen LogP contribution in [0.1, 0.15) is 54.4 Å². The Morgan fingerprint density at radius 3 is 2.17 bits per heavy atom. The van der Waals surface area contributed by atoms with Gasteiger partial charge in [0.1, 0.15) is 11.6 Å². The van der Waals surface area contributed by atoms with E-state index in [1.807, 2.05) is 13.8 Å². The first-order valence-corrected chi connectivity index (χ1v) is 8.61. The van der Waals surface area contributed by atoms with E-state index in [0.717, 1.165) is 13.1 Å². The quantitative estimate of drug-likeness (QED) is 0.784. The smallest absolute Gasteiger partial charge is 0.408 e. The number of likely N-dealkylation sites (tertiary alicyclic amines) is 1. The molecule has 0 spiro atoms. The molecular weight excluding hydrogens is 294 g/mol. The number of hydrogen-bond acceptors (Lipinski definition) is 4. The topological polar surface area (TPSA) is 70.7 Å². The summed E-state index contributed by atoms with van der Waals surface area (Å²) in [7, 11) is 0. The maximum Gasteiger partial charge on any atom is 0.408 e. The van der Waals surface area contributed by atoms with Crippen LogP contribution in [0.5, 0.6) is 0 Å². The fourth-order valence-electron chi connectivity index (χ4n) is 2.64. The van der Waals surface area contributed by atoms with Gasteiger partial charge in [0.25, 0.3) is 0 Å². The van der Waals surface area contributed by atoms with Crippen LogP contribution in [0, 0.1) is 5.92 Å². The molecule has 1 rings (SSSR count). The lowest BCUT2D eigenvalue weighted by Crippen LogP contribution is -2.52. The molecule has 6 nitrogen and oxygen atoms in total. The fraction of sp³-hybridized carbons (Fsp3) is 0.882. The van der Waals surface area contributed by atoms with Gasteiger partial charge in [0.15, 0.2) is 0 Å². The molecule has 0 bridgehead atoms. The van der Waals surface area contributed by atoms with Crippen LogP contribution >= 0.6 is 0 Å². The number of nitrogens with zero attached hydrogens (tertiary/aromatic N) is 1. The SMILES string of the molecule is CC(C)C(NC(=O)OC(C)(C)C)C(=O)NCC(C)N1CCCC1. The number of carbonyl (C=O) groups is 2. The molecule has 0 aromatic heterocycles. The zero-order chi connectivity index (χ0) is 17.6. The highest BCUT2D eigenvalue weighted by Gasteiger charge is 2.27. The van der Waals surface area contributed by atoms with Crippen molar-refractivity contribution >= 4 is 12.0 Å². The van der Waals surface area contributed by atoms with Crippen molar-refractivity contribution in [2.45, 2.75) is 72.1 Å². The van der Waals surface area contributed by atoms with Crippen LogP contribution in [0.15, 0.2) is 0 Å². The first-order valence-electron chi connectivity index (χ1n) is 8.61. The Morgan fingerprint density at radius 2 is 1.70 bits per heavy atom. The first-order chi connectivity index (χ1) is 10.6. The molecule has 134 valence electrons. The summed E-state index contributed by atoms with van der Waals surface area (Å²) in [6, 6.07) is -0.272. The van der Waals surface area contributed by atoms with Crippen LogP contribution in [0.2, 0.25) is 0 Å². The predicted octanol–water partition coefficient (Wildman–Crippen LogP) is 2.14. The molecule has 6 heteroatoms. The summed E-state index contributed by atoms with van der Waals surface area (Å²) in [6.07, 6.45) is 1.90. The van der Waals surface area contributed by atoms with Gasteiger partial charge in [0, 0.05) is 12.6 Å². The summed E-state index contributed by atoms with van der Waals surface area (Å²) in [5, 5.41) is 5.64. The third kappa shape index (κ3) is 7.20. The lowest BCUT2D eigenvalue weighted by atomic mass is 10.0. The Hall–Kier alpha value is -1.30. The van der Waals surface area contributed by atoms with Gasteiger partial charge in [-0.25, -0.2) is 4.79 Å². The van der Waals surface area contributed by atoms with Gasteiger partial charge < -0.3 is 15.4 Å². The number of hydrogen-bond donors (Lipinski definition) is 2. The second kappa shape index (κ2) is 8.52. The van der Waals surface area contributed by atoms with Gasteiger partial charge in [0.2, 0.25) is 5.91 Å². The van der Waals surface area contributed by atoms with Crippen LogP contribution in [0.4, 0.5) is 4.79 Å². The maximum absolute atomic E-state index is 12.4. The number of rotatable bonds is 6. The third-order valence-corrected chi connectivity index (χ3v) is 3.96. The zero-order valence-corrected chi connectivity index (χ0v) is 15.4. The molecule has 0 aromatic rings. The minimum atomic E-state index is -0.587. The Balaban J connectivity index is 2.49. The third-order valence-electron chi connectivity index (χ3n) is 3.96. The molecule has 0 saturated carbocycles.